The molecule has 0 aliphatic carbocycles. The Labute approximate surface area is 123 Å². The Hall–Kier alpha value is -1.09. The molecule has 1 aromatic heterocycles. The van der Waals surface area contributed by atoms with Gasteiger partial charge in [0.15, 0.2) is 0 Å². The standard InChI is InChI=1S/C17H29N3/c1-5-7-15-10-14(12-18-4)11-17(19-15)20-13(3)8-9-16(20)6-2/h10-11,13,16,18H,5-9,12H2,1-4H3. The van der Waals surface area contributed by atoms with E-state index in [1.54, 1.807) is 0 Å². The molecule has 3 heteroatoms. The molecule has 1 aromatic rings. The lowest BCUT2D eigenvalue weighted by Crippen LogP contribution is -2.35. The third kappa shape index (κ3) is 3.32. The Morgan fingerprint density at radius 1 is 1.30 bits per heavy atom. The van der Waals surface area contributed by atoms with Crippen LogP contribution in [0.3, 0.4) is 0 Å². The van der Waals surface area contributed by atoms with E-state index in [0.717, 1.165) is 19.4 Å². The fourth-order valence-corrected chi connectivity index (χ4v) is 3.34. The van der Waals surface area contributed by atoms with Gasteiger partial charge < -0.3 is 10.2 Å². The molecule has 1 saturated heterocycles. The van der Waals surface area contributed by atoms with Crippen LogP contribution >= 0.6 is 0 Å². The molecule has 0 bridgehead atoms. The van der Waals surface area contributed by atoms with Crippen LogP contribution in [0.25, 0.3) is 0 Å². The number of rotatable bonds is 6. The summed E-state index contributed by atoms with van der Waals surface area (Å²) in [6.07, 6.45) is 6.04. The number of hydrogen-bond acceptors (Lipinski definition) is 3. The molecule has 1 N–H and O–H groups in total. The molecule has 1 fully saturated rings. The molecule has 2 unspecified atom stereocenters. The Bertz CT molecular complexity index is 406. The van der Waals surface area contributed by atoms with E-state index in [2.05, 4.69) is 43.1 Å². The van der Waals surface area contributed by atoms with Crippen molar-refractivity contribution in [3.8, 4) is 0 Å². The lowest BCUT2D eigenvalue weighted by molar-refractivity contribution is 0.618. The molecule has 0 radical (unpaired) electrons. The smallest absolute Gasteiger partial charge is 0.129 e. The predicted octanol–water partition coefficient (Wildman–Crippen LogP) is 3.52. The molecule has 3 nitrogen and oxygen atoms in total. The van der Waals surface area contributed by atoms with Crippen LogP contribution < -0.4 is 10.2 Å². The average Bonchev–Trinajstić information content (AvgIpc) is 2.80. The van der Waals surface area contributed by atoms with Crippen LogP contribution in [0.1, 0.15) is 57.7 Å². The first-order valence-electron chi connectivity index (χ1n) is 8.12. The van der Waals surface area contributed by atoms with Crippen LogP contribution in [0, 0.1) is 0 Å². The van der Waals surface area contributed by atoms with Gasteiger partial charge in [-0.25, -0.2) is 4.98 Å². The molecular weight excluding hydrogens is 246 g/mol. The van der Waals surface area contributed by atoms with Crippen molar-refractivity contribution in [1.82, 2.24) is 10.3 Å². The molecule has 1 aliphatic rings. The summed E-state index contributed by atoms with van der Waals surface area (Å²) in [5, 5.41) is 3.26. The number of hydrogen-bond donors (Lipinski definition) is 1. The van der Waals surface area contributed by atoms with E-state index in [4.69, 9.17) is 4.98 Å². The van der Waals surface area contributed by atoms with Crippen LogP contribution in [0.5, 0.6) is 0 Å². The van der Waals surface area contributed by atoms with Gasteiger partial charge >= 0.3 is 0 Å². The van der Waals surface area contributed by atoms with Crippen molar-refractivity contribution in [3.63, 3.8) is 0 Å². The summed E-state index contributed by atoms with van der Waals surface area (Å²) in [5.41, 5.74) is 2.60. The minimum atomic E-state index is 0.617. The second-order valence-corrected chi connectivity index (χ2v) is 6.00. The van der Waals surface area contributed by atoms with Crippen molar-refractivity contribution in [3.05, 3.63) is 23.4 Å². The van der Waals surface area contributed by atoms with Gasteiger partial charge in [-0.1, -0.05) is 20.3 Å². The van der Waals surface area contributed by atoms with Crippen molar-refractivity contribution in [2.45, 2.75) is 71.5 Å². The fourth-order valence-electron chi connectivity index (χ4n) is 3.34. The minimum Gasteiger partial charge on any atom is -0.351 e. The highest BCUT2D eigenvalue weighted by molar-refractivity contribution is 5.46. The summed E-state index contributed by atoms with van der Waals surface area (Å²) in [6.45, 7) is 7.77. The maximum atomic E-state index is 4.93. The van der Waals surface area contributed by atoms with Crippen LogP contribution in [0.2, 0.25) is 0 Å². The lowest BCUT2D eigenvalue weighted by Gasteiger charge is -2.30. The van der Waals surface area contributed by atoms with Crippen molar-refractivity contribution >= 4 is 5.82 Å². The number of anilines is 1. The first kappa shape index (κ1) is 15.3. The maximum Gasteiger partial charge on any atom is 0.129 e. The molecule has 2 rings (SSSR count). The number of aryl methyl sites for hydroxylation is 1. The van der Waals surface area contributed by atoms with E-state index >= 15 is 0 Å². The predicted molar refractivity (Wildman–Crippen MR) is 86.2 cm³/mol. The summed E-state index contributed by atoms with van der Waals surface area (Å²) in [6, 6.07) is 5.81. The monoisotopic (exact) mass is 275 g/mol. The third-order valence-corrected chi connectivity index (χ3v) is 4.33. The van der Waals surface area contributed by atoms with Gasteiger partial charge in [0.25, 0.3) is 0 Å². The highest BCUT2D eigenvalue weighted by atomic mass is 15.3. The second-order valence-electron chi connectivity index (χ2n) is 6.00. The SMILES string of the molecule is CCCc1cc(CNC)cc(N2C(C)CCC2CC)n1. The van der Waals surface area contributed by atoms with Crippen molar-refractivity contribution in [2.24, 2.45) is 0 Å². The van der Waals surface area contributed by atoms with Crippen LogP contribution in [-0.4, -0.2) is 24.1 Å². The Morgan fingerprint density at radius 2 is 2.10 bits per heavy atom. The molecule has 1 aliphatic heterocycles. The van der Waals surface area contributed by atoms with E-state index in [1.807, 2.05) is 7.05 Å². The summed E-state index contributed by atoms with van der Waals surface area (Å²) < 4.78 is 0. The zero-order chi connectivity index (χ0) is 14.5. The molecule has 0 amide bonds. The van der Waals surface area contributed by atoms with Crippen LogP contribution in [0.4, 0.5) is 5.82 Å². The van der Waals surface area contributed by atoms with Gasteiger partial charge in [0.05, 0.1) is 0 Å². The van der Waals surface area contributed by atoms with E-state index in [0.29, 0.717) is 12.1 Å². The molecule has 2 atom stereocenters. The highest BCUT2D eigenvalue weighted by Gasteiger charge is 2.30. The van der Waals surface area contributed by atoms with E-state index < -0.39 is 0 Å². The van der Waals surface area contributed by atoms with E-state index in [-0.39, 0.29) is 0 Å². The van der Waals surface area contributed by atoms with Crippen molar-refractivity contribution < 1.29 is 0 Å². The van der Waals surface area contributed by atoms with E-state index in [9.17, 15) is 0 Å². The maximum absolute atomic E-state index is 4.93. The Morgan fingerprint density at radius 3 is 2.75 bits per heavy atom. The van der Waals surface area contributed by atoms with Crippen molar-refractivity contribution in [2.75, 3.05) is 11.9 Å². The topological polar surface area (TPSA) is 28.2 Å². The number of aromatic nitrogens is 1. The molecule has 0 saturated carbocycles. The zero-order valence-corrected chi connectivity index (χ0v) is 13.4. The summed E-state index contributed by atoms with van der Waals surface area (Å²) in [5.74, 6) is 1.19. The van der Waals surface area contributed by atoms with Crippen molar-refractivity contribution in [1.29, 1.82) is 0 Å². The Balaban J connectivity index is 2.33. The Kier molecular flexibility index (Phi) is 5.41. The molecule has 0 aromatic carbocycles. The average molecular weight is 275 g/mol. The summed E-state index contributed by atoms with van der Waals surface area (Å²) >= 11 is 0. The zero-order valence-electron chi connectivity index (χ0n) is 13.4. The minimum absolute atomic E-state index is 0.617. The fraction of sp³-hybridized carbons (Fsp3) is 0.706. The molecule has 112 valence electrons. The molecule has 20 heavy (non-hydrogen) atoms. The molecule has 2 heterocycles. The second kappa shape index (κ2) is 7.07. The quantitative estimate of drug-likeness (QED) is 0.861. The van der Waals surface area contributed by atoms with Crippen LogP contribution in [-0.2, 0) is 13.0 Å². The van der Waals surface area contributed by atoms with Gasteiger partial charge in [-0.2, -0.15) is 0 Å². The van der Waals surface area contributed by atoms with Gasteiger partial charge in [-0.05, 0) is 57.4 Å². The van der Waals surface area contributed by atoms with Gasteiger partial charge in [0.2, 0.25) is 0 Å². The molecular formula is C17H29N3. The largest absolute Gasteiger partial charge is 0.351 e. The first-order chi connectivity index (χ1) is 9.69. The normalized spacial score (nSPS) is 22.5. The molecule has 0 spiro atoms. The number of nitrogens with zero attached hydrogens (tertiary/aromatic N) is 2. The number of pyridine rings is 1. The highest BCUT2D eigenvalue weighted by Crippen LogP contribution is 2.31. The van der Waals surface area contributed by atoms with Gasteiger partial charge in [0, 0.05) is 24.3 Å². The van der Waals surface area contributed by atoms with Gasteiger partial charge in [0.1, 0.15) is 5.82 Å². The lowest BCUT2D eigenvalue weighted by atomic mass is 10.1. The van der Waals surface area contributed by atoms with Gasteiger partial charge in [-0.15, -0.1) is 0 Å². The first-order valence-corrected chi connectivity index (χ1v) is 8.12. The van der Waals surface area contributed by atoms with Gasteiger partial charge in [-0.3, -0.25) is 0 Å². The summed E-state index contributed by atoms with van der Waals surface area (Å²) in [4.78, 5) is 7.49. The number of nitrogens with one attached hydrogen (secondary N) is 1. The third-order valence-electron chi connectivity index (χ3n) is 4.33. The summed E-state index contributed by atoms with van der Waals surface area (Å²) in [7, 11) is 2.01. The van der Waals surface area contributed by atoms with E-state index in [1.165, 1.54) is 36.3 Å². The van der Waals surface area contributed by atoms with Crippen LogP contribution in [0.15, 0.2) is 12.1 Å².